The highest BCUT2D eigenvalue weighted by atomic mass is 19.1. The zero-order valence-electron chi connectivity index (χ0n) is 27.5. The molecule has 0 atom stereocenters. The predicted molar refractivity (Wildman–Crippen MR) is 180 cm³/mol. The van der Waals surface area contributed by atoms with Gasteiger partial charge < -0.3 is 33.8 Å². The number of esters is 2. The Balaban J connectivity index is 1.19. The van der Waals surface area contributed by atoms with E-state index in [0.717, 1.165) is 51.6 Å². The number of unbranched alkanes of at least 4 members (excludes halogenated alkanes) is 5. The molecule has 0 bridgehead atoms. The summed E-state index contributed by atoms with van der Waals surface area (Å²) in [5.41, 5.74) is 0.799. The zero-order valence-corrected chi connectivity index (χ0v) is 27.5. The number of hydrogen-bond donors (Lipinski definition) is 1. The van der Waals surface area contributed by atoms with Crippen LogP contribution in [0.25, 0.3) is 17.0 Å². The Labute approximate surface area is 282 Å². The molecule has 1 aromatic heterocycles. The maximum atomic E-state index is 15.3. The van der Waals surface area contributed by atoms with E-state index in [0.29, 0.717) is 42.7 Å². The number of rotatable bonds is 17. The molecule has 0 spiro atoms. The fourth-order valence-electron chi connectivity index (χ4n) is 5.77. The van der Waals surface area contributed by atoms with Crippen molar-refractivity contribution in [1.29, 1.82) is 0 Å². The van der Waals surface area contributed by atoms with E-state index in [-0.39, 0.29) is 41.7 Å². The van der Waals surface area contributed by atoms with Gasteiger partial charge in [0.2, 0.25) is 5.43 Å². The molecule has 3 aromatic rings. The van der Waals surface area contributed by atoms with E-state index in [1.54, 1.807) is 24.3 Å². The highest BCUT2D eigenvalue weighted by Gasteiger charge is 2.29. The summed E-state index contributed by atoms with van der Waals surface area (Å²) >= 11 is 0. The van der Waals surface area contributed by atoms with Crippen molar-refractivity contribution in [2.75, 3.05) is 51.4 Å². The number of nitrogens with zero attached hydrogens (tertiary/aromatic N) is 3. The van der Waals surface area contributed by atoms with Gasteiger partial charge in [-0.2, -0.15) is 0 Å². The molecule has 1 saturated carbocycles. The van der Waals surface area contributed by atoms with Gasteiger partial charge >= 0.3 is 11.9 Å². The summed E-state index contributed by atoms with van der Waals surface area (Å²) in [5.74, 6) is -1.62. The number of carbonyl (C=O) groups excluding carboxylic acids is 2. The molecule has 1 saturated heterocycles. The van der Waals surface area contributed by atoms with Crippen LogP contribution in [-0.4, -0.2) is 68.1 Å². The monoisotopic (exact) mass is 680 g/mol. The third kappa shape index (κ3) is 9.56. The van der Waals surface area contributed by atoms with Crippen molar-refractivity contribution in [3.05, 3.63) is 79.9 Å². The van der Waals surface area contributed by atoms with Crippen LogP contribution in [0.4, 0.5) is 10.1 Å². The number of ether oxygens (including phenoxy) is 3. The van der Waals surface area contributed by atoms with Crippen LogP contribution in [-0.2, 0) is 14.4 Å². The Bertz CT molecular complexity index is 1750. The first-order valence-corrected chi connectivity index (χ1v) is 16.6. The molecule has 0 radical (unpaired) electrons. The molecule has 5 rings (SSSR count). The lowest BCUT2D eigenvalue weighted by molar-refractivity contribution is -0.757. The first kappa shape index (κ1) is 35.3. The normalized spacial score (nSPS) is 14.6. The largest absolute Gasteiger partial charge is 0.493 e. The minimum atomic E-state index is -0.887. The lowest BCUT2D eigenvalue weighted by atomic mass is 10.1. The number of hydrogen-bond acceptors (Lipinski definition) is 11. The van der Waals surface area contributed by atoms with Gasteiger partial charge in [0.1, 0.15) is 11.4 Å². The molecule has 49 heavy (non-hydrogen) atoms. The average molecular weight is 681 g/mol. The summed E-state index contributed by atoms with van der Waals surface area (Å²) in [7, 11) is 1.41. The lowest BCUT2D eigenvalue weighted by Gasteiger charge is -2.30. The molecule has 2 fully saturated rings. The highest BCUT2D eigenvalue weighted by Crippen LogP contribution is 2.38. The van der Waals surface area contributed by atoms with E-state index < -0.39 is 28.3 Å². The van der Waals surface area contributed by atoms with E-state index in [1.165, 1.54) is 31.5 Å². The standard InChI is InChI=1S/C35H41FN4O9/c1-46-32-20-24(9-13-33(41)47-18-6-4-2-3-5-7-19-48-40(44)45)8-12-31(32)49-35(43)27-23-39(25-10-11-25)29-22-30(38-16-14-37-15-17-38)28(36)21-26(29)34(27)42/h8-9,12-13,20-23,25,37H,2-7,10-11,14-19H2,1H3. The number of nitrogens with one attached hydrogen (secondary N) is 1. The minimum Gasteiger partial charge on any atom is -0.493 e. The van der Waals surface area contributed by atoms with E-state index >= 15 is 4.39 Å². The van der Waals surface area contributed by atoms with E-state index in [9.17, 15) is 24.5 Å². The SMILES string of the molecule is COc1cc(C=CC(=O)OCCCCCCCCO[N+](=O)[O-])ccc1OC(=O)c1cn(C2CC2)c2cc(N3CCNCC3)c(F)cc2c1=O. The minimum absolute atomic E-state index is 0.0789. The van der Waals surface area contributed by atoms with Gasteiger partial charge in [0.25, 0.3) is 5.09 Å². The van der Waals surface area contributed by atoms with Crippen LogP contribution >= 0.6 is 0 Å². The van der Waals surface area contributed by atoms with Crippen LogP contribution in [0.1, 0.15) is 73.3 Å². The zero-order chi connectivity index (χ0) is 34.8. The van der Waals surface area contributed by atoms with E-state index in [4.69, 9.17) is 14.2 Å². The fourth-order valence-corrected chi connectivity index (χ4v) is 5.77. The third-order valence-electron chi connectivity index (χ3n) is 8.50. The second kappa shape index (κ2) is 16.9. The van der Waals surface area contributed by atoms with Crippen LogP contribution in [0.2, 0.25) is 0 Å². The number of aromatic nitrogens is 1. The molecular formula is C35H41FN4O9. The molecule has 1 aliphatic heterocycles. The number of piperazine rings is 1. The van der Waals surface area contributed by atoms with Gasteiger partial charge in [0.05, 0.1) is 31.5 Å². The van der Waals surface area contributed by atoms with E-state index in [2.05, 4.69) is 10.2 Å². The summed E-state index contributed by atoms with van der Waals surface area (Å²) in [4.78, 5) is 55.5. The smallest absolute Gasteiger partial charge is 0.349 e. The average Bonchev–Trinajstić information content (AvgIpc) is 3.94. The van der Waals surface area contributed by atoms with Crippen molar-refractivity contribution >= 4 is 34.6 Å². The van der Waals surface area contributed by atoms with Crippen LogP contribution < -0.4 is 25.1 Å². The molecule has 0 amide bonds. The molecule has 1 aliphatic carbocycles. The summed E-state index contributed by atoms with van der Waals surface area (Å²) in [6.07, 6.45) is 11.0. The van der Waals surface area contributed by atoms with Crippen molar-refractivity contribution in [3.8, 4) is 11.5 Å². The molecule has 2 aliphatic rings. The van der Waals surface area contributed by atoms with Crippen molar-refractivity contribution < 1.29 is 38.1 Å². The fraction of sp³-hybridized carbons (Fsp3) is 0.457. The van der Waals surface area contributed by atoms with Crippen molar-refractivity contribution in [3.63, 3.8) is 0 Å². The van der Waals surface area contributed by atoms with Gasteiger partial charge in [-0.1, -0.05) is 31.7 Å². The Morgan fingerprint density at radius 2 is 1.73 bits per heavy atom. The Morgan fingerprint density at radius 1 is 1.02 bits per heavy atom. The number of halogens is 1. The van der Waals surface area contributed by atoms with Crippen molar-refractivity contribution in [2.45, 2.75) is 57.4 Å². The molecule has 262 valence electrons. The molecular weight excluding hydrogens is 639 g/mol. The number of pyridine rings is 1. The maximum absolute atomic E-state index is 15.3. The van der Waals surface area contributed by atoms with Crippen LogP contribution in [0.15, 0.2) is 47.4 Å². The van der Waals surface area contributed by atoms with Crippen LogP contribution in [0.3, 0.4) is 0 Å². The topological polar surface area (TPSA) is 151 Å². The number of carbonyl (C=O) groups is 2. The summed E-state index contributed by atoms with van der Waals surface area (Å²) in [5, 5.41) is 12.7. The molecule has 1 N–H and O–H groups in total. The van der Waals surface area contributed by atoms with E-state index in [1.807, 2.05) is 9.47 Å². The summed E-state index contributed by atoms with van der Waals surface area (Å²) in [6, 6.07) is 7.75. The quantitative estimate of drug-likeness (QED) is 0.0499. The molecule has 2 heterocycles. The number of methoxy groups -OCH3 is 1. The molecule has 13 nitrogen and oxygen atoms in total. The van der Waals surface area contributed by atoms with Gasteiger partial charge in [0, 0.05) is 49.9 Å². The Morgan fingerprint density at radius 3 is 2.43 bits per heavy atom. The highest BCUT2D eigenvalue weighted by molar-refractivity contribution is 5.96. The van der Waals surface area contributed by atoms with Gasteiger partial charge in [-0.25, -0.2) is 14.0 Å². The number of fused-ring (bicyclic) bond motifs is 1. The van der Waals surface area contributed by atoms with Crippen LogP contribution in [0, 0.1) is 15.9 Å². The second-order valence-corrected chi connectivity index (χ2v) is 12.0. The molecule has 2 aromatic carbocycles. The second-order valence-electron chi connectivity index (χ2n) is 12.0. The van der Waals surface area contributed by atoms with Crippen LogP contribution in [0.5, 0.6) is 11.5 Å². The number of benzene rings is 2. The summed E-state index contributed by atoms with van der Waals surface area (Å²) in [6.45, 7) is 3.16. The van der Waals surface area contributed by atoms with Crippen molar-refractivity contribution in [1.82, 2.24) is 9.88 Å². The van der Waals surface area contributed by atoms with Gasteiger partial charge in [-0.05, 0) is 61.6 Å². The first-order valence-electron chi connectivity index (χ1n) is 16.6. The lowest BCUT2D eigenvalue weighted by Crippen LogP contribution is -2.43. The van der Waals surface area contributed by atoms with Crippen molar-refractivity contribution in [2.24, 2.45) is 0 Å². The summed E-state index contributed by atoms with van der Waals surface area (Å²) < 4.78 is 33.5. The number of anilines is 1. The van der Waals surface area contributed by atoms with Gasteiger partial charge in [0.15, 0.2) is 11.5 Å². The molecule has 0 unspecified atom stereocenters. The Hall–Kier alpha value is -4.98. The predicted octanol–water partition coefficient (Wildman–Crippen LogP) is 5.22. The first-order chi connectivity index (χ1) is 23.7. The molecule has 14 heteroatoms. The Kier molecular flexibility index (Phi) is 12.2. The van der Waals surface area contributed by atoms with Gasteiger partial charge in [-0.15, -0.1) is 10.1 Å². The third-order valence-corrected chi connectivity index (χ3v) is 8.50. The van der Waals surface area contributed by atoms with Gasteiger partial charge in [-0.3, -0.25) is 4.79 Å². The maximum Gasteiger partial charge on any atom is 0.349 e.